The van der Waals surface area contributed by atoms with Crippen LogP contribution in [0.15, 0.2) is 36.4 Å². The Morgan fingerprint density at radius 2 is 2.30 bits per heavy atom. The van der Waals surface area contributed by atoms with Crippen molar-refractivity contribution in [1.82, 2.24) is 9.88 Å². The van der Waals surface area contributed by atoms with Crippen LogP contribution in [0.25, 0.3) is 10.9 Å². The van der Waals surface area contributed by atoms with Gasteiger partial charge in [0.1, 0.15) is 0 Å². The second-order valence-corrected chi connectivity index (χ2v) is 5.04. The summed E-state index contributed by atoms with van der Waals surface area (Å²) in [4.78, 5) is 16.9. The van der Waals surface area contributed by atoms with E-state index in [0.29, 0.717) is 0 Å². The van der Waals surface area contributed by atoms with E-state index in [1.54, 1.807) is 0 Å². The fourth-order valence-corrected chi connectivity index (χ4v) is 2.77. The van der Waals surface area contributed by atoms with Gasteiger partial charge >= 0.3 is 5.97 Å². The molecule has 0 unspecified atom stereocenters. The van der Waals surface area contributed by atoms with E-state index in [2.05, 4.69) is 38.9 Å². The lowest BCUT2D eigenvalue weighted by Crippen LogP contribution is -2.30. The Morgan fingerprint density at radius 1 is 1.45 bits per heavy atom. The molecule has 1 N–H and O–H groups in total. The Morgan fingerprint density at radius 3 is 3.15 bits per heavy atom. The molecule has 0 spiro atoms. The molecule has 0 fully saturated rings. The number of ether oxygens (including phenoxy) is 1. The molecule has 1 aromatic carbocycles. The van der Waals surface area contributed by atoms with Crippen molar-refractivity contribution in [3.8, 4) is 0 Å². The maximum absolute atomic E-state index is 11.0. The monoisotopic (exact) mass is 270 g/mol. The third-order valence-corrected chi connectivity index (χ3v) is 3.78. The fraction of sp³-hybridized carbons (Fsp3) is 0.312. The Bertz CT molecular complexity index is 658. The summed E-state index contributed by atoms with van der Waals surface area (Å²) >= 11 is 0. The number of hydrogen-bond acceptors (Lipinski definition) is 3. The predicted octanol–water partition coefficient (Wildman–Crippen LogP) is 2.26. The van der Waals surface area contributed by atoms with Gasteiger partial charge in [-0.25, -0.2) is 4.79 Å². The van der Waals surface area contributed by atoms with Crippen LogP contribution in [0.4, 0.5) is 0 Å². The number of fused-ring (bicyclic) bond motifs is 3. The van der Waals surface area contributed by atoms with Gasteiger partial charge in [0.05, 0.1) is 7.11 Å². The molecule has 3 rings (SSSR count). The molecule has 0 amide bonds. The summed E-state index contributed by atoms with van der Waals surface area (Å²) in [7, 11) is 1.39. The number of esters is 1. The lowest BCUT2D eigenvalue weighted by molar-refractivity contribution is -0.134. The highest BCUT2D eigenvalue weighted by atomic mass is 16.5. The second-order valence-electron chi connectivity index (χ2n) is 5.04. The van der Waals surface area contributed by atoms with Crippen LogP contribution in [0, 0.1) is 0 Å². The lowest BCUT2D eigenvalue weighted by atomic mass is 10.0. The first-order valence-electron chi connectivity index (χ1n) is 6.83. The molecule has 0 saturated carbocycles. The highest BCUT2D eigenvalue weighted by Gasteiger charge is 2.19. The summed E-state index contributed by atoms with van der Waals surface area (Å²) in [6, 6.07) is 8.44. The van der Waals surface area contributed by atoms with Gasteiger partial charge in [0.25, 0.3) is 0 Å². The van der Waals surface area contributed by atoms with E-state index in [1.165, 1.54) is 35.3 Å². The first-order chi connectivity index (χ1) is 9.78. The van der Waals surface area contributed by atoms with Gasteiger partial charge in [-0.2, -0.15) is 0 Å². The Labute approximate surface area is 118 Å². The average Bonchev–Trinajstić information content (AvgIpc) is 2.84. The SMILES string of the molecule is COC(=O)/C=C/CN1CCc2c([nH]c3ccccc23)C1. The molecule has 1 aliphatic heterocycles. The molecule has 2 aromatic rings. The van der Waals surface area contributed by atoms with Crippen molar-refractivity contribution >= 4 is 16.9 Å². The number of carbonyl (C=O) groups excluding carboxylic acids is 1. The number of aromatic nitrogens is 1. The number of rotatable bonds is 3. The van der Waals surface area contributed by atoms with Gasteiger partial charge in [0.15, 0.2) is 0 Å². The van der Waals surface area contributed by atoms with Crippen LogP contribution in [-0.2, 0) is 22.5 Å². The molecule has 1 aromatic heterocycles. The molecule has 4 nitrogen and oxygen atoms in total. The summed E-state index contributed by atoms with van der Waals surface area (Å²) in [5.41, 5.74) is 3.95. The van der Waals surface area contributed by atoms with Crippen LogP contribution in [-0.4, -0.2) is 36.1 Å². The third kappa shape index (κ3) is 2.47. The fourth-order valence-electron chi connectivity index (χ4n) is 2.77. The minimum absolute atomic E-state index is 0.298. The highest BCUT2D eigenvalue weighted by Crippen LogP contribution is 2.27. The van der Waals surface area contributed by atoms with Gasteiger partial charge in [0, 0.05) is 42.3 Å². The summed E-state index contributed by atoms with van der Waals surface area (Å²) in [5.74, 6) is -0.298. The molecule has 4 heteroatoms. The third-order valence-electron chi connectivity index (χ3n) is 3.78. The van der Waals surface area contributed by atoms with Crippen molar-refractivity contribution in [3.05, 3.63) is 47.7 Å². The largest absolute Gasteiger partial charge is 0.466 e. The van der Waals surface area contributed by atoms with Crippen LogP contribution in [0.2, 0.25) is 0 Å². The predicted molar refractivity (Wildman–Crippen MR) is 78.4 cm³/mol. The number of para-hydroxylation sites is 1. The molecule has 0 atom stereocenters. The number of nitrogens with zero attached hydrogens (tertiary/aromatic N) is 1. The van der Waals surface area contributed by atoms with Crippen LogP contribution in [0.1, 0.15) is 11.3 Å². The molecule has 2 heterocycles. The van der Waals surface area contributed by atoms with Crippen molar-refractivity contribution in [3.63, 3.8) is 0 Å². The number of carbonyl (C=O) groups is 1. The van der Waals surface area contributed by atoms with Crippen molar-refractivity contribution in [2.24, 2.45) is 0 Å². The second kappa shape index (κ2) is 5.51. The Balaban J connectivity index is 1.72. The van der Waals surface area contributed by atoms with Crippen molar-refractivity contribution in [1.29, 1.82) is 0 Å². The molecule has 20 heavy (non-hydrogen) atoms. The molecule has 0 saturated heterocycles. The highest BCUT2D eigenvalue weighted by molar-refractivity contribution is 5.84. The van der Waals surface area contributed by atoms with E-state index in [1.807, 2.05) is 6.08 Å². The van der Waals surface area contributed by atoms with E-state index in [-0.39, 0.29) is 5.97 Å². The first kappa shape index (κ1) is 12.9. The van der Waals surface area contributed by atoms with E-state index in [4.69, 9.17) is 0 Å². The van der Waals surface area contributed by atoms with Crippen LogP contribution in [0.5, 0.6) is 0 Å². The smallest absolute Gasteiger partial charge is 0.330 e. The Hall–Kier alpha value is -2.07. The van der Waals surface area contributed by atoms with Crippen LogP contribution in [0.3, 0.4) is 0 Å². The number of methoxy groups -OCH3 is 1. The van der Waals surface area contributed by atoms with E-state index in [9.17, 15) is 4.79 Å². The van der Waals surface area contributed by atoms with Gasteiger partial charge < -0.3 is 9.72 Å². The van der Waals surface area contributed by atoms with Crippen LogP contribution >= 0.6 is 0 Å². The zero-order chi connectivity index (χ0) is 13.9. The zero-order valence-corrected chi connectivity index (χ0v) is 11.6. The van der Waals surface area contributed by atoms with E-state index >= 15 is 0 Å². The molecular weight excluding hydrogens is 252 g/mol. The zero-order valence-electron chi connectivity index (χ0n) is 11.6. The molecule has 104 valence electrons. The molecule has 0 aliphatic carbocycles. The van der Waals surface area contributed by atoms with Crippen LogP contribution < -0.4 is 0 Å². The maximum Gasteiger partial charge on any atom is 0.330 e. The molecule has 1 aliphatic rings. The van der Waals surface area contributed by atoms with Gasteiger partial charge in [0.2, 0.25) is 0 Å². The summed E-state index contributed by atoms with van der Waals surface area (Å²) < 4.78 is 4.59. The van der Waals surface area contributed by atoms with Gasteiger partial charge in [-0.1, -0.05) is 24.3 Å². The van der Waals surface area contributed by atoms with Crippen molar-refractivity contribution < 1.29 is 9.53 Å². The lowest BCUT2D eigenvalue weighted by Gasteiger charge is -2.25. The summed E-state index contributed by atoms with van der Waals surface area (Å²) in [6.45, 7) is 2.68. The van der Waals surface area contributed by atoms with Crippen molar-refractivity contribution in [2.45, 2.75) is 13.0 Å². The minimum atomic E-state index is -0.298. The minimum Gasteiger partial charge on any atom is -0.466 e. The van der Waals surface area contributed by atoms with E-state index < -0.39 is 0 Å². The topological polar surface area (TPSA) is 45.3 Å². The maximum atomic E-state index is 11.0. The number of aromatic amines is 1. The number of nitrogens with one attached hydrogen (secondary N) is 1. The molecule has 0 radical (unpaired) electrons. The summed E-state index contributed by atoms with van der Waals surface area (Å²) in [5, 5.41) is 1.34. The number of hydrogen-bond donors (Lipinski definition) is 1. The number of benzene rings is 1. The molecular formula is C16H18N2O2. The van der Waals surface area contributed by atoms with Gasteiger partial charge in [-0.15, -0.1) is 0 Å². The van der Waals surface area contributed by atoms with E-state index in [0.717, 1.165) is 26.1 Å². The molecule has 0 bridgehead atoms. The standard InChI is InChI=1S/C16H18N2O2/c1-20-16(19)7-4-9-18-10-8-13-12-5-2-3-6-14(12)17-15(13)11-18/h2-7,17H,8-11H2,1H3/b7-4+. The average molecular weight is 270 g/mol. The number of H-pyrrole nitrogens is 1. The Kier molecular flexibility index (Phi) is 3.56. The normalized spacial score (nSPS) is 15.7. The van der Waals surface area contributed by atoms with Crippen molar-refractivity contribution in [2.75, 3.05) is 20.2 Å². The van der Waals surface area contributed by atoms with Gasteiger partial charge in [-0.05, 0) is 18.1 Å². The quantitative estimate of drug-likeness (QED) is 0.687. The summed E-state index contributed by atoms with van der Waals surface area (Å²) in [6.07, 6.45) is 4.39. The van der Waals surface area contributed by atoms with Gasteiger partial charge in [-0.3, -0.25) is 4.90 Å². The first-order valence-corrected chi connectivity index (χ1v) is 6.83.